The molecule has 0 aliphatic heterocycles. The van der Waals surface area contributed by atoms with E-state index in [9.17, 15) is 4.79 Å². The van der Waals surface area contributed by atoms with E-state index in [1.807, 2.05) is 19.1 Å². The fourth-order valence-corrected chi connectivity index (χ4v) is 2.18. The van der Waals surface area contributed by atoms with Crippen LogP contribution in [0.2, 0.25) is 0 Å². The summed E-state index contributed by atoms with van der Waals surface area (Å²) in [6, 6.07) is 3.93. The Bertz CT molecular complexity index is 408. The number of nitrogens with one attached hydrogen (secondary N) is 1. The summed E-state index contributed by atoms with van der Waals surface area (Å²) in [4.78, 5) is 11.2. The van der Waals surface area contributed by atoms with Crippen LogP contribution >= 0.6 is 15.9 Å². The summed E-state index contributed by atoms with van der Waals surface area (Å²) in [7, 11) is 1.58. The van der Waals surface area contributed by atoms with E-state index < -0.39 is 0 Å². The van der Waals surface area contributed by atoms with Gasteiger partial charge >= 0.3 is 0 Å². The lowest BCUT2D eigenvalue weighted by Gasteiger charge is -2.14. The molecule has 1 aromatic rings. The van der Waals surface area contributed by atoms with E-state index in [0.717, 1.165) is 27.8 Å². The summed E-state index contributed by atoms with van der Waals surface area (Å²) in [6.07, 6.45) is 0.726. The zero-order valence-electron chi connectivity index (χ0n) is 10.0. The Balaban J connectivity index is 2.91. The van der Waals surface area contributed by atoms with Crippen LogP contribution in [0.3, 0.4) is 0 Å². The van der Waals surface area contributed by atoms with Crippen molar-refractivity contribution < 1.29 is 9.53 Å². The first kappa shape index (κ1) is 14.0. The second-order valence-corrected chi connectivity index (χ2v) is 4.63. The lowest BCUT2D eigenvalue weighted by Crippen LogP contribution is -2.25. The van der Waals surface area contributed by atoms with Gasteiger partial charge < -0.3 is 15.8 Å². The van der Waals surface area contributed by atoms with Crippen molar-refractivity contribution in [1.29, 1.82) is 0 Å². The van der Waals surface area contributed by atoms with Crippen LogP contribution in [0.4, 0.5) is 0 Å². The molecule has 0 unspecified atom stereocenters. The van der Waals surface area contributed by atoms with Gasteiger partial charge in [-0.25, -0.2) is 0 Å². The van der Waals surface area contributed by atoms with Crippen LogP contribution in [0, 0.1) is 6.92 Å². The Morgan fingerprint density at radius 3 is 2.82 bits per heavy atom. The van der Waals surface area contributed by atoms with Gasteiger partial charge in [-0.2, -0.15) is 0 Å². The largest absolute Gasteiger partial charge is 0.483 e. The molecule has 0 spiro atoms. The second-order valence-electron chi connectivity index (χ2n) is 3.71. The van der Waals surface area contributed by atoms with Crippen molar-refractivity contribution in [3.05, 3.63) is 27.7 Å². The molecule has 17 heavy (non-hydrogen) atoms. The lowest BCUT2D eigenvalue weighted by atomic mass is 10.1. The minimum Gasteiger partial charge on any atom is -0.483 e. The maximum absolute atomic E-state index is 11.2. The fraction of sp³-hybridized carbons (Fsp3) is 0.417. The predicted octanol–water partition coefficient (Wildman–Crippen LogP) is 1.38. The number of halogens is 1. The molecular weight excluding hydrogens is 284 g/mol. The van der Waals surface area contributed by atoms with Crippen LogP contribution in [0.5, 0.6) is 5.75 Å². The summed E-state index contributed by atoms with van der Waals surface area (Å²) in [6.45, 7) is 2.52. The molecule has 1 rings (SSSR count). The summed E-state index contributed by atoms with van der Waals surface area (Å²) < 4.78 is 6.53. The Morgan fingerprint density at radius 1 is 1.53 bits per heavy atom. The first-order valence-corrected chi connectivity index (χ1v) is 6.20. The molecule has 4 nitrogen and oxygen atoms in total. The molecule has 5 heteroatoms. The van der Waals surface area contributed by atoms with E-state index in [1.54, 1.807) is 7.05 Å². The number of nitrogens with two attached hydrogens (primary N) is 1. The van der Waals surface area contributed by atoms with Gasteiger partial charge in [-0.3, -0.25) is 4.79 Å². The molecule has 0 aliphatic carbocycles. The predicted molar refractivity (Wildman–Crippen MR) is 71.2 cm³/mol. The molecule has 0 saturated heterocycles. The smallest absolute Gasteiger partial charge is 0.257 e. The van der Waals surface area contributed by atoms with Crippen molar-refractivity contribution in [3.8, 4) is 5.75 Å². The van der Waals surface area contributed by atoms with Gasteiger partial charge in [0.25, 0.3) is 5.91 Å². The van der Waals surface area contributed by atoms with Crippen LogP contribution in [0.15, 0.2) is 16.6 Å². The van der Waals surface area contributed by atoms with Crippen molar-refractivity contribution in [1.82, 2.24) is 5.32 Å². The third-order valence-electron chi connectivity index (χ3n) is 2.36. The Kier molecular flexibility index (Phi) is 5.44. The molecule has 94 valence electrons. The maximum Gasteiger partial charge on any atom is 0.257 e. The van der Waals surface area contributed by atoms with Gasteiger partial charge in [0.2, 0.25) is 0 Å². The van der Waals surface area contributed by atoms with Crippen LogP contribution in [-0.2, 0) is 11.2 Å². The Hall–Kier alpha value is -1.07. The van der Waals surface area contributed by atoms with Crippen molar-refractivity contribution in [3.63, 3.8) is 0 Å². The number of likely N-dealkylation sites (N-methyl/N-ethyl adjacent to an activating group) is 1. The first-order valence-electron chi connectivity index (χ1n) is 5.41. The molecule has 0 heterocycles. The third-order valence-corrected chi connectivity index (χ3v) is 2.81. The zero-order valence-corrected chi connectivity index (χ0v) is 11.6. The number of hydrogen-bond donors (Lipinski definition) is 2. The van der Waals surface area contributed by atoms with E-state index in [1.165, 1.54) is 0 Å². The summed E-state index contributed by atoms with van der Waals surface area (Å²) in [5, 5.41) is 2.52. The number of carbonyl (C=O) groups is 1. The minimum absolute atomic E-state index is 0.0243. The van der Waals surface area contributed by atoms with E-state index in [-0.39, 0.29) is 12.5 Å². The molecule has 1 amide bonds. The van der Waals surface area contributed by atoms with Gasteiger partial charge in [-0.15, -0.1) is 0 Å². The van der Waals surface area contributed by atoms with Gasteiger partial charge in [0, 0.05) is 11.5 Å². The third kappa shape index (κ3) is 4.02. The van der Waals surface area contributed by atoms with Crippen LogP contribution in [0.25, 0.3) is 0 Å². The normalized spacial score (nSPS) is 10.1. The highest BCUT2D eigenvalue weighted by Crippen LogP contribution is 2.28. The molecule has 0 fully saturated rings. The van der Waals surface area contributed by atoms with E-state index in [2.05, 4.69) is 21.2 Å². The van der Waals surface area contributed by atoms with Gasteiger partial charge in [0.1, 0.15) is 5.75 Å². The average Bonchev–Trinajstić information content (AvgIpc) is 2.27. The molecule has 0 radical (unpaired) electrons. The number of rotatable bonds is 5. The number of benzene rings is 1. The van der Waals surface area contributed by atoms with Gasteiger partial charge in [-0.05, 0) is 43.1 Å². The van der Waals surface area contributed by atoms with Gasteiger partial charge in [0.05, 0.1) is 0 Å². The SMILES string of the molecule is CNC(=O)COc1c(C)cc(Br)cc1CCN. The summed E-state index contributed by atoms with van der Waals surface area (Å²) in [5.74, 6) is 0.605. The summed E-state index contributed by atoms with van der Waals surface area (Å²) in [5.41, 5.74) is 7.57. The second kappa shape index (κ2) is 6.61. The van der Waals surface area contributed by atoms with Crippen LogP contribution in [0.1, 0.15) is 11.1 Å². The molecule has 0 bridgehead atoms. The van der Waals surface area contributed by atoms with E-state index >= 15 is 0 Å². The minimum atomic E-state index is -0.147. The monoisotopic (exact) mass is 300 g/mol. The number of amides is 1. The highest BCUT2D eigenvalue weighted by Gasteiger charge is 2.10. The Morgan fingerprint density at radius 2 is 2.24 bits per heavy atom. The molecule has 0 aromatic heterocycles. The maximum atomic E-state index is 11.2. The standard InChI is InChI=1S/C12H17BrN2O2/c1-8-5-10(13)6-9(3-4-14)12(8)17-7-11(16)15-2/h5-6H,3-4,7,14H2,1-2H3,(H,15,16). The van der Waals surface area contributed by atoms with Gasteiger partial charge in [-0.1, -0.05) is 15.9 Å². The number of ether oxygens (including phenoxy) is 1. The lowest BCUT2D eigenvalue weighted by molar-refractivity contribution is -0.122. The molecule has 3 N–H and O–H groups in total. The first-order chi connectivity index (χ1) is 8.08. The van der Waals surface area contributed by atoms with Crippen LogP contribution < -0.4 is 15.8 Å². The highest BCUT2D eigenvalue weighted by atomic mass is 79.9. The highest BCUT2D eigenvalue weighted by molar-refractivity contribution is 9.10. The number of aryl methyl sites for hydroxylation is 1. The molecule has 0 atom stereocenters. The fourth-order valence-electron chi connectivity index (χ4n) is 1.56. The molecular formula is C12H17BrN2O2. The van der Waals surface area contributed by atoms with Gasteiger partial charge in [0.15, 0.2) is 6.61 Å². The van der Waals surface area contributed by atoms with Crippen molar-refractivity contribution in [2.45, 2.75) is 13.3 Å². The van der Waals surface area contributed by atoms with Crippen molar-refractivity contribution >= 4 is 21.8 Å². The molecule has 0 saturated carbocycles. The molecule has 0 aliphatic rings. The van der Waals surface area contributed by atoms with Crippen molar-refractivity contribution in [2.24, 2.45) is 5.73 Å². The van der Waals surface area contributed by atoms with E-state index in [4.69, 9.17) is 10.5 Å². The summed E-state index contributed by atoms with van der Waals surface area (Å²) >= 11 is 3.44. The number of hydrogen-bond acceptors (Lipinski definition) is 3. The average molecular weight is 301 g/mol. The van der Waals surface area contributed by atoms with Crippen LogP contribution in [-0.4, -0.2) is 26.1 Å². The number of carbonyl (C=O) groups excluding carboxylic acids is 1. The van der Waals surface area contributed by atoms with E-state index in [0.29, 0.717) is 6.54 Å². The quantitative estimate of drug-likeness (QED) is 0.863. The van der Waals surface area contributed by atoms with Crippen molar-refractivity contribution in [2.75, 3.05) is 20.2 Å². The zero-order chi connectivity index (χ0) is 12.8. The Labute approximate surface area is 110 Å². The molecule has 1 aromatic carbocycles. The topological polar surface area (TPSA) is 64.3 Å².